The standard InChI is InChI=1S/C17H17F2NO/c1-12(7-8-13-5-3-2-4-6-13)20-17(21)15-10-9-14(18)11-16(15)19/h2-6,9-12H,7-8H2,1H3,(H,20,21)/t12-/m0/s1. The number of benzene rings is 2. The number of halogens is 2. The van der Waals surface area contributed by atoms with Crippen LogP contribution in [0.4, 0.5) is 8.78 Å². The van der Waals surface area contributed by atoms with Gasteiger partial charge in [-0.25, -0.2) is 8.78 Å². The number of nitrogens with one attached hydrogen (secondary N) is 1. The number of hydrogen-bond acceptors (Lipinski definition) is 1. The first kappa shape index (κ1) is 15.2. The molecule has 0 bridgehead atoms. The molecule has 1 N–H and O–H groups in total. The van der Waals surface area contributed by atoms with Gasteiger partial charge in [0.2, 0.25) is 0 Å². The Kier molecular flexibility index (Phi) is 5.04. The smallest absolute Gasteiger partial charge is 0.254 e. The summed E-state index contributed by atoms with van der Waals surface area (Å²) in [5.41, 5.74) is 1.05. The summed E-state index contributed by atoms with van der Waals surface area (Å²) in [6, 6.07) is 12.8. The molecule has 21 heavy (non-hydrogen) atoms. The van der Waals surface area contributed by atoms with Gasteiger partial charge >= 0.3 is 0 Å². The van der Waals surface area contributed by atoms with E-state index in [4.69, 9.17) is 0 Å². The van der Waals surface area contributed by atoms with Gasteiger partial charge in [-0.05, 0) is 37.5 Å². The molecule has 0 aliphatic rings. The van der Waals surface area contributed by atoms with Crippen LogP contribution in [0, 0.1) is 11.6 Å². The lowest BCUT2D eigenvalue weighted by Gasteiger charge is -2.14. The van der Waals surface area contributed by atoms with E-state index in [0.29, 0.717) is 6.07 Å². The van der Waals surface area contributed by atoms with Crippen LogP contribution >= 0.6 is 0 Å². The van der Waals surface area contributed by atoms with Gasteiger partial charge in [-0.3, -0.25) is 4.79 Å². The molecule has 0 radical (unpaired) electrons. The molecule has 0 heterocycles. The number of aryl methyl sites for hydroxylation is 1. The van der Waals surface area contributed by atoms with Crippen molar-refractivity contribution < 1.29 is 13.6 Å². The summed E-state index contributed by atoms with van der Waals surface area (Å²) in [5.74, 6) is -2.06. The molecule has 2 aromatic carbocycles. The van der Waals surface area contributed by atoms with Crippen molar-refractivity contribution in [2.45, 2.75) is 25.8 Å². The van der Waals surface area contributed by atoms with Gasteiger partial charge in [-0.2, -0.15) is 0 Å². The predicted octanol–water partition coefficient (Wildman–Crippen LogP) is 3.72. The van der Waals surface area contributed by atoms with Gasteiger partial charge in [-0.1, -0.05) is 30.3 Å². The van der Waals surface area contributed by atoms with Gasteiger partial charge in [0.1, 0.15) is 11.6 Å². The van der Waals surface area contributed by atoms with E-state index in [2.05, 4.69) is 5.32 Å². The van der Waals surface area contributed by atoms with E-state index in [1.165, 1.54) is 5.56 Å². The molecule has 1 amide bonds. The van der Waals surface area contributed by atoms with E-state index in [1.54, 1.807) is 0 Å². The average molecular weight is 289 g/mol. The fourth-order valence-electron chi connectivity index (χ4n) is 2.08. The van der Waals surface area contributed by atoms with Crippen molar-refractivity contribution in [3.05, 3.63) is 71.3 Å². The number of amides is 1. The average Bonchev–Trinajstić information content (AvgIpc) is 2.46. The molecule has 0 saturated carbocycles. The number of rotatable bonds is 5. The van der Waals surface area contributed by atoms with Gasteiger partial charge in [0.25, 0.3) is 5.91 Å². The Hall–Kier alpha value is -2.23. The summed E-state index contributed by atoms with van der Waals surface area (Å²) < 4.78 is 26.3. The van der Waals surface area contributed by atoms with E-state index in [-0.39, 0.29) is 11.6 Å². The Morgan fingerprint density at radius 1 is 1.14 bits per heavy atom. The molecule has 0 aliphatic heterocycles. The molecular formula is C17H17F2NO. The minimum Gasteiger partial charge on any atom is -0.349 e. The molecule has 1 atom stereocenters. The Labute approximate surface area is 122 Å². The van der Waals surface area contributed by atoms with Crippen molar-refractivity contribution in [2.75, 3.05) is 0 Å². The molecule has 0 unspecified atom stereocenters. The van der Waals surface area contributed by atoms with Crippen LogP contribution in [-0.2, 0) is 6.42 Å². The quantitative estimate of drug-likeness (QED) is 0.893. The highest BCUT2D eigenvalue weighted by Crippen LogP contribution is 2.10. The summed E-state index contributed by atoms with van der Waals surface area (Å²) in [4.78, 5) is 11.9. The largest absolute Gasteiger partial charge is 0.349 e. The maximum Gasteiger partial charge on any atom is 0.254 e. The second-order valence-electron chi connectivity index (χ2n) is 5.02. The van der Waals surface area contributed by atoms with E-state index in [9.17, 15) is 13.6 Å². The molecule has 0 saturated heterocycles. The van der Waals surface area contributed by atoms with E-state index < -0.39 is 17.5 Å². The predicted molar refractivity (Wildman–Crippen MR) is 78.0 cm³/mol. The zero-order valence-corrected chi connectivity index (χ0v) is 11.8. The van der Waals surface area contributed by atoms with Crippen LogP contribution in [-0.4, -0.2) is 11.9 Å². The van der Waals surface area contributed by atoms with E-state index in [0.717, 1.165) is 25.0 Å². The number of carbonyl (C=O) groups excluding carboxylic acids is 1. The van der Waals surface area contributed by atoms with Crippen LogP contribution < -0.4 is 5.32 Å². The van der Waals surface area contributed by atoms with Gasteiger partial charge in [0, 0.05) is 12.1 Å². The monoisotopic (exact) mass is 289 g/mol. The second-order valence-corrected chi connectivity index (χ2v) is 5.02. The highest BCUT2D eigenvalue weighted by Gasteiger charge is 2.14. The third kappa shape index (κ3) is 4.38. The second kappa shape index (κ2) is 6.97. The summed E-state index contributed by atoms with van der Waals surface area (Å²) in [7, 11) is 0. The fourth-order valence-corrected chi connectivity index (χ4v) is 2.08. The Balaban J connectivity index is 1.90. The summed E-state index contributed by atoms with van der Waals surface area (Å²) in [5, 5.41) is 2.73. The van der Waals surface area contributed by atoms with E-state index in [1.807, 2.05) is 37.3 Å². The lowest BCUT2D eigenvalue weighted by molar-refractivity contribution is 0.0934. The van der Waals surface area contributed by atoms with Gasteiger partial charge < -0.3 is 5.32 Å². The van der Waals surface area contributed by atoms with Crippen molar-refractivity contribution in [1.29, 1.82) is 0 Å². The number of hydrogen-bond donors (Lipinski definition) is 1. The first-order valence-corrected chi connectivity index (χ1v) is 6.86. The van der Waals surface area contributed by atoms with Crippen molar-refractivity contribution in [3.8, 4) is 0 Å². The SMILES string of the molecule is C[C@@H](CCc1ccccc1)NC(=O)c1ccc(F)cc1F. The molecule has 0 fully saturated rings. The third-order valence-electron chi connectivity index (χ3n) is 3.26. The molecule has 4 heteroatoms. The molecular weight excluding hydrogens is 272 g/mol. The van der Waals surface area contributed by atoms with Gasteiger partial charge in [0.15, 0.2) is 0 Å². The van der Waals surface area contributed by atoms with Crippen molar-refractivity contribution in [2.24, 2.45) is 0 Å². The Morgan fingerprint density at radius 3 is 2.52 bits per heavy atom. The normalized spacial score (nSPS) is 12.0. The van der Waals surface area contributed by atoms with Crippen LogP contribution in [0.3, 0.4) is 0 Å². The lowest BCUT2D eigenvalue weighted by Crippen LogP contribution is -2.33. The summed E-state index contributed by atoms with van der Waals surface area (Å²) in [6.07, 6.45) is 1.58. The number of carbonyl (C=O) groups is 1. The van der Waals surface area contributed by atoms with Gasteiger partial charge in [0.05, 0.1) is 5.56 Å². The highest BCUT2D eigenvalue weighted by atomic mass is 19.1. The fraction of sp³-hybridized carbons (Fsp3) is 0.235. The zero-order chi connectivity index (χ0) is 15.2. The van der Waals surface area contributed by atoms with E-state index >= 15 is 0 Å². The van der Waals surface area contributed by atoms with Crippen LogP contribution in [0.5, 0.6) is 0 Å². The Morgan fingerprint density at radius 2 is 1.86 bits per heavy atom. The highest BCUT2D eigenvalue weighted by molar-refractivity contribution is 5.94. The van der Waals surface area contributed by atoms with Crippen LogP contribution in [0.25, 0.3) is 0 Å². The topological polar surface area (TPSA) is 29.1 Å². The van der Waals surface area contributed by atoms with Crippen molar-refractivity contribution in [3.63, 3.8) is 0 Å². The molecule has 0 aromatic heterocycles. The minimum absolute atomic E-state index is 0.0952. The molecule has 110 valence electrons. The maximum atomic E-state index is 13.5. The third-order valence-corrected chi connectivity index (χ3v) is 3.26. The van der Waals surface area contributed by atoms with Gasteiger partial charge in [-0.15, -0.1) is 0 Å². The first-order chi connectivity index (χ1) is 10.1. The zero-order valence-electron chi connectivity index (χ0n) is 11.8. The summed E-state index contributed by atoms with van der Waals surface area (Å²) >= 11 is 0. The minimum atomic E-state index is -0.845. The van der Waals surface area contributed by atoms with Crippen LogP contribution in [0.15, 0.2) is 48.5 Å². The summed E-state index contributed by atoms with van der Waals surface area (Å²) in [6.45, 7) is 1.86. The van der Waals surface area contributed by atoms with Crippen LogP contribution in [0.1, 0.15) is 29.3 Å². The van der Waals surface area contributed by atoms with Crippen molar-refractivity contribution in [1.82, 2.24) is 5.32 Å². The molecule has 2 nitrogen and oxygen atoms in total. The molecule has 2 aromatic rings. The molecule has 2 rings (SSSR count). The van der Waals surface area contributed by atoms with Crippen LogP contribution in [0.2, 0.25) is 0 Å². The van der Waals surface area contributed by atoms with Crippen molar-refractivity contribution >= 4 is 5.91 Å². The maximum absolute atomic E-state index is 13.5. The molecule has 0 aliphatic carbocycles. The lowest BCUT2D eigenvalue weighted by atomic mass is 10.1. The first-order valence-electron chi connectivity index (χ1n) is 6.86. The Bertz CT molecular complexity index is 613. The molecule has 0 spiro atoms.